The number of thioether (sulfide) groups is 1. The van der Waals surface area contributed by atoms with E-state index in [-0.39, 0.29) is 0 Å². The molecule has 1 heterocycles. The van der Waals surface area contributed by atoms with Gasteiger partial charge in [-0.3, -0.25) is 4.57 Å². The Morgan fingerprint density at radius 2 is 2.00 bits per heavy atom. The van der Waals surface area contributed by atoms with Crippen molar-refractivity contribution in [2.24, 2.45) is 0 Å². The molecule has 3 aromatic rings. The molecule has 0 radical (unpaired) electrons. The Hall–Kier alpha value is -2.53. The third kappa shape index (κ3) is 3.21. The minimum Gasteiger partial charge on any atom is -0.496 e. The van der Waals surface area contributed by atoms with E-state index >= 15 is 0 Å². The molecule has 0 N–H and O–H groups in total. The van der Waals surface area contributed by atoms with E-state index in [9.17, 15) is 0 Å². The Morgan fingerprint density at radius 1 is 1.17 bits per heavy atom. The highest BCUT2D eigenvalue weighted by molar-refractivity contribution is 7.99. The molecule has 24 heavy (non-hydrogen) atoms. The van der Waals surface area contributed by atoms with Gasteiger partial charge in [-0.1, -0.05) is 42.1 Å². The molecule has 2 aromatic carbocycles. The fraction of sp³-hybridized carbons (Fsp3) is 0.158. The summed E-state index contributed by atoms with van der Waals surface area (Å²) in [6.07, 6.45) is 1.86. The van der Waals surface area contributed by atoms with Gasteiger partial charge in [-0.15, -0.1) is 16.8 Å². The third-order valence-corrected chi connectivity index (χ3v) is 4.50. The average Bonchev–Trinajstić information content (AvgIpc) is 3.03. The topological polar surface area (TPSA) is 39.9 Å². The van der Waals surface area contributed by atoms with E-state index in [1.165, 1.54) is 5.56 Å². The Kier molecular flexibility index (Phi) is 5.01. The molecular weight excluding hydrogens is 318 g/mol. The fourth-order valence-electron chi connectivity index (χ4n) is 2.50. The van der Waals surface area contributed by atoms with Crippen LogP contribution in [0.15, 0.2) is 66.3 Å². The third-order valence-electron chi connectivity index (χ3n) is 3.57. The zero-order valence-corrected chi connectivity index (χ0v) is 14.6. The van der Waals surface area contributed by atoms with Gasteiger partial charge in [0.15, 0.2) is 11.0 Å². The minimum absolute atomic E-state index is 0.768. The first-order valence-electron chi connectivity index (χ1n) is 7.64. The molecule has 3 rings (SSSR count). The average molecular weight is 337 g/mol. The van der Waals surface area contributed by atoms with Gasteiger partial charge in [-0.2, -0.15) is 0 Å². The van der Waals surface area contributed by atoms with Gasteiger partial charge >= 0.3 is 0 Å². The highest BCUT2D eigenvalue weighted by Gasteiger charge is 2.18. The van der Waals surface area contributed by atoms with Crippen molar-refractivity contribution < 1.29 is 4.74 Å². The van der Waals surface area contributed by atoms with Gasteiger partial charge in [0, 0.05) is 11.4 Å². The summed E-state index contributed by atoms with van der Waals surface area (Å²) in [5.74, 6) is 2.32. The van der Waals surface area contributed by atoms with Gasteiger partial charge in [0.05, 0.1) is 12.7 Å². The minimum atomic E-state index is 0.768. The lowest BCUT2D eigenvalue weighted by Crippen LogP contribution is -2.01. The SMILES string of the molecule is C=CCSc1nnc(-c2ccccc2OC)n1-c1cccc(C)c1. The molecule has 0 fully saturated rings. The Morgan fingerprint density at radius 3 is 2.75 bits per heavy atom. The van der Waals surface area contributed by atoms with Gasteiger partial charge in [-0.25, -0.2) is 0 Å². The van der Waals surface area contributed by atoms with Crippen LogP contribution in [0.4, 0.5) is 0 Å². The second-order valence-corrected chi connectivity index (χ2v) is 6.27. The molecule has 0 atom stereocenters. The maximum atomic E-state index is 5.50. The van der Waals surface area contributed by atoms with E-state index in [4.69, 9.17) is 4.74 Å². The number of hydrogen-bond donors (Lipinski definition) is 0. The molecule has 0 amide bonds. The molecule has 0 aliphatic rings. The first kappa shape index (κ1) is 16.3. The summed E-state index contributed by atoms with van der Waals surface area (Å²) in [6.45, 7) is 5.86. The predicted molar refractivity (Wildman–Crippen MR) is 99.0 cm³/mol. The molecule has 0 spiro atoms. The zero-order chi connectivity index (χ0) is 16.9. The van der Waals surface area contributed by atoms with E-state index in [1.54, 1.807) is 18.9 Å². The lowest BCUT2D eigenvalue weighted by atomic mass is 10.1. The lowest BCUT2D eigenvalue weighted by molar-refractivity contribution is 0.416. The van der Waals surface area contributed by atoms with Crippen LogP contribution >= 0.6 is 11.8 Å². The summed E-state index contributed by atoms with van der Waals surface area (Å²) in [4.78, 5) is 0. The van der Waals surface area contributed by atoms with Crippen LogP contribution in [0, 0.1) is 6.92 Å². The van der Waals surface area contributed by atoms with E-state index in [0.717, 1.165) is 33.7 Å². The number of aromatic nitrogens is 3. The fourth-order valence-corrected chi connectivity index (χ4v) is 3.19. The summed E-state index contributed by atoms with van der Waals surface area (Å²) in [6, 6.07) is 16.2. The summed E-state index contributed by atoms with van der Waals surface area (Å²) in [5, 5.41) is 9.65. The van der Waals surface area contributed by atoms with Crippen molar-refractivity contribution in [3.05, 3.63) is 66.7 Å². The first-order valence-corrected chi connectivity index (χ1v) is 8.62. The van der Waals surface area contributed by atoms with Gasteiger partial charge in [0.1, 0.15) is 5.75 Å². The largest absolute Gasteiger partial charge is 0.496 e. The maximum Gasteiger partial charge on any atom is 0.196 e. The van der Waals surface area contributed by atoms with Crippen LogP contribution in [-0.4, -0.2) is 27.6 Å². The van der Waals surface area contributed by atoms with Crippen LogP contribution in [0.5, 0.6) is 5.75 Å². The van der Waals surface area contributed by atoms with Crippen molar-refractivity contribution in [1.82, 2.24) is 14.8 Å². The van der Waals surface area contributed by atoms with Crippen molar-refractivity contribution in [3.63, 3.8) is 0 Å². The van der Waals surface area contributed by atoms with E-state index in [2.05, 4.69) is 46.5 Å². The number of hydrogen-bond acceptors (Lipinski definition) is 4. The van der Waals surface area contributed by atoms with E-state index in [0.29, 0.717) is 0 Å². The molecule has 0 bridgehead atoms. The Bertz CT molecular complexity index is 857. The zero-order valence-electron chi connectivity index (χ0n) is 13.8. The second kappa shape index (κ2) is 7.36. The van der Waals surface area contributed by atoms with Crippen molar-refractivity contribution >= 4 is 11.8 Å². The quantitative estimate of drug-likeness (QED) is 0.489. The molecule has 4 nitrogen and oxygen atoms in total. The van der Waals surface area contributed by atoms with Crippen molar-refractivity contribution in [2.45, 2.75) is 12.1 Å². The number of rotatable bonds is 6. The molecular formula is C19H19N3OS. The number of benzene rings is 2. The van der Waals surface area contributed by atoms with Gasteiger partial charge in [0.2, 0.25) is 0 Å². The van der Waals surface area contributed by atoms with Crippen LogP contribution in [0.2, 0.25) is 0 Å². The molecule has 0 saturated carbocycles. The Balaban J connectivity index is 2.20. The number of aryl methyl sites for hydroxylation is 1. The predicted octanol–water partition coefficient (Wildman–Crippen LogP) is 4.53. The molecule has 0 unspecified atom stereocenters. The molecule has 122 valence electrons. The maximum absolute atomic E-state index is 5.50. The molecule has 0 aliphatic heterocycles. The number of ether oxygens (including phenoxy) is 1. The van der Waals surface area contributed by atoms with Crippen molar-refractivity contribution in [1.29, 1.82) is 0 Å². The standard InChI is InChI=1S/C19H19N3OS/c1-4-12-24-19-21-20-18(16-10-5-6-11-17(16)23-3)22(19)15-9-7-8-14(2)13-15/h4-11,13H,1,12H2,2-3H3. The van der Waals surface area contributed by atoms with Crippen LogP contribution in [-0.2, 0) is 0 Å². The summed E-state index contributed by atoms with van der Waals surface area (Å²) in [7, 11) is 1.67. The monoisotopic (exact) mass is 337 g/mol. The summed E-state index contributed by atoms with van der Waals surface area (Å²) < 4.78 is 7.57. The lowest BCUT2D eigenvalue weighted by Gasteiger charge is -2.12. The number of para-hydroxylation sites is 1. The second-order valence-electron chi connectivity index (χ2n) is 5.28. The van der Waals surface area contributed by atoms with Crippen LogP contribution in [0.25, 0.3) is 17.1 Å². The normalized spacial score (nSPS) is 10.6. The first-order chi connectivity index (χ1) is 11.7. The van der Waals surface area contributed by atoms with Gasteiger partial charge in [-0.05, 0) is 36.8 Å². The molecule has 0 saturated heterocycles. The molecule has 1 aromatic heterocycles. The van der Waals surface area contributed by atoms with E-state index in [1.807, 2.05) is 36.4 Å². The van der Waals surface area contributed by atoms with Crippen LogP contribution in [0.1, 0.15) is 5.56 Å². The smallest absolute Gasteiger partial charge is 0.196 e. The summed E-state index contributed by atoms with van der Waals surface area (Å²) in [5.41, 5.74) is 3.14. The van der Waals surface area contributed by atoms with Crippen LogP contribution in [0.3, 0.4) is 0 Å². The van der Waals surface area contributed by atoms with Gasteiger partial charge < -0.3 is 4.74 Å². The highest BCUT2D eigenvalue weighted by atomic mass is 32.2. The van der Waals surface area contributed by atoms with Crippen LogP contribution < -0.4 is 4.74 Å². The number of nitrogens with zero attached hydrogens (tertiary/aromatic N) is 3. The van der Waals surface area contributed by atoms with Crippen molar-refractivity contribution in [2.75, 3.05) is 12.9 Å². The highest BCUT2D eigenvalue weighted by Crippen LogP contribution is 2.33. The Labute approximate surface area is 146 Å². The molecule has 0 aliphatic carbocycles. The number of methoxy groups -OCH3 is 1. The molecule has 5 heteroatoms. The van der Waals surface area contributed by atoms with E-state index < -0.39 is 0 Å². The van der Waals surface area contributed by atoms with Crippen molar-refractivity contribution in [3.8, 4) is 22.8 Å². The summed E-state index contributed by atoms with van der Waals surface area (Å²) >= 11 is 1.61. The van der Waals surface area contributed by atoms with Gasteiger partial charge in [0.25, 0.3) is 0 Å².